The van der Waals surface area contributed by atoms with Gasteiger partial charge in [0.2, 0.25) is 6.29 Å². The van der Waals surface area contributed by atoms with Gasteiger partial charge in [-0.25, -0.2) is 9.37 Å². The Kier molecular flexibility index (Phi) is 1.40. The topological polar surface area (TPSA) is 43.1 Å². The number of rotatable bonds is 1. The van der Waals surface area contributed by atoms with Crippen molar-refractivity contribution in [1.82, 2.24) is 4.98 Å². The summed E-state index contributed by atoms with van der Waals surface area (Å²) < 4.78 is 17.7. The molecule has 0 bridgehead atoms. The minimum Gasteiger partial charge on any atom is -0.431 e. The summed E-state index contributed by atoms with van der Waals surface area (Å²) in [4.78, 5) is 13.9. The lowest BCUT2D eigenvalue weighted by molar-refractivity contribution is 0.109. The molecule has 0 spiro atoms. The molecule has 0 unspecified atom stereocenters. The van der Waals surface area contributed by atoms with Gasteiger partial charge in [-0.05, 0) is 12.1 Å². The molecule has 0 atom stereocenters. The lowest BCUT2D eigenvalue weighted by Gasteiger charge is -1.85. The molecule has 1 aromatic heterocycles. The van der Waals surface area contributed by atoms with Gasteiger partial charge in [0.25, 0.3) is 5.89 Å². The van der Waals surface area contributed by atoms with Crippen LogP contribution in [-0.2, 0) is 0 Å². The standard InChI is InChI=1S/C8H4FNO2/c9-5-2-1-3-6-8(5)12-7(4-11)10-6/h1-4H. The van der Waals surface area contributed by atoms with E-state index in [2.05, 4.69) is 4.98 Å². The van der Waals surface area contributed by atoms with Gasteiger partial charge in [0.1, 0.15) is 5.52 Å². The van der Waals surface area contributed by atoms with Crippen molar-refractivity contribution in [2.75, 3.05) is 0 Å². The fourth-order valence-electron chi connectivity index (χ4n) is 0.983. The third-order valence-corrected chi connectivity index (χ3v) is 1.48. The van der Waals surface area contributed by atoms with Crippen molar-refractivity contribution >= 4 is 17.4 Å². The van der Waals surface area contributed by atoms with Crippen LogP contribution in [0.4, 0.5) is 4.39 Å². The summed E-state index contributed by atoms with van der Waals surface area (Å²) in [7, 11) is 0. The summed E-state index contributed by atoms with van der Waals surface area (Å²) in [5.74, 6) is -0.608. The van der Waals surface area contributed by atoms with E-state index in [1.165, 1.54) is 12.1 Å². The third kappa shape index (κ3) is 0.887. The Morgan fingerprint density at radius 3 is 3.00 bits per heavy atom. The van der Waals surface area contributed by atoms with Crippen LogP contribution in [0.3, 0.4) is 0 Å². The third-order valence-electron chi connectivity index (χ3n) is 1.48. The minimum atomic E-state index is -0.506. The summed E-state index contributed by atoms with van der Waals surface area (Å²) in [6.45, 7) is 0. The Labute approximate surface area is 66.8 Å². The largest absolute Gasteiger partial charge is 0.431 e. The van der Waals surface area contributed by atoms with E-state index in [1.54, 1.807) is 6.07 Å². The second kappa shape index (κ2) is 2.41. The Morgan fingerprint density at radius 1 is 1.50 bits per heavy atom. The van der Waals surface area contributed by atoms with Gasteiger partial charge in [-0.2, -0.15) is 0 Å². The molecule has 2 aromatic rings. The Hall–Kier alpha value is -1.71. The lowest BCUT2D eigenvalue weighted by atomic mass is 10.3. The highest BCUT2D eigenvalue weighted by Crippen LogP contribution is 2.17. The van der Waals surface area contributed by atoms with Gasteiger partial charge in [0, 0.05) is 0 Å². The molecule has 12 heavy (non-hydrogen) atoms. The highest BCUT2D eigenvalue weighted by atomic mass is 19.1. The summed E-state index contributed by atoms with van der Waals surface area (Å²) in [5.41, 5.74) is 0.386. The van der Waals surface area contributed by atoms with Crippen LogP contribution in [0.5, 0.6) is 0 Å². The van der Waals surface area contributed by atoms with E-state index in [9.17, 15) is 9.18 Å². The number of benzene rings is 1. The number of fused-ring (bicyclic) bond motifs is 1. The van der Waals surface area contributed by atoms with Gasteiger partial charge in [0.15, 0.2) is 11.4 Å². The van der Waals surface area contributed by atoms with Crippen LogP contribution in [0.2, 0.25) is 0 Å². The van der Waals surface area contributed by atoms with Crippen LogP contribution < -0.4 is 0 Å². The average Bonchev–Trinajstić information content (AvgIpc) is 2.49. The molecule has 0 aliphatic heterocycles. The van der Waals surface area contributed by atoms with E-state index in [0.29, 0.717) is 11.8 Å². The molecule has 60 valence electrons. The molecule has 0 fully saturated rings. The van der Waals surface area contributed by atoms with E-state index in [0.717, 1.165) is 0 Å². The molecule has 0 N–H and O–H groups in total. The number of nitrogens with zero attached hydrogens (tertiary/aromatic N) is 1. The first kappa shape index (κ1) is 6.97. The molecule has 0 aliphatic carbocycles. The molecule has 0 saturated carbocycles. The quantitative estimate of drug-likeness (QED) is 0.605. The SMILES string of the molecule is O=Cc1nc2cccc(F)c2o1. The fraction of sp³-hybridized carbons (Fsp3) is 0. The molecule has 0 amide bonds. The predicted molar refractivity (Wildman–Crippen MR) is 39.4 cm³/mol. The Morgan fingerprint density at radius 2 is 2.33 bits per heavy atom. The Balaban J connectivity index is 2.82. The Bertz CT molecular complexity index is 436. The first-order chi connectivity index (χ1) is 5.81. The van der Waals surface area contributed by atoms with Crippen LogP contribution in [0.15, 0.2) is 22.6 Å². The van der Waals surface area contributed by atoms with Gasteiger partial charge in [-0.15, -0.1) is 0 Å². The number of oxazole rings is 1. The molecule has 3 nitrogen and oxygen atoms in total. The van der Waals surface area contributed by atoms with E-state index >= 15 is 0 Å². The maximum Gasteiger partial charge on any atom is 0.260 e. The second-order valence-electron chi connectivity index (χ2n) is 2.26. The molecule has 1 heterocycles. The van der Waals surface area contributed by atoms with Crippen LogP contribution in [0.25, 0.3) is 11.1 Å². The van der Waals surface area contributed by atoms with Gasteiger partial charge < -0.3 is 4.42 Å². The highest BCUT2D eigenvalue weighted by molar-refractivity contribution is 5.79. The number of carbonyl (C=O) groups excluding carboxylic acids is 1. The number of carbonyl (C=O) groups is 1. The van der Waals surface area contributed by atoms with E-state index in [-0.39, 0.29) is 11.5 Å². The van der Waals surface area contributed by atoms with Crippen LogP contribution in [0.1, 0.15) is 10.7 Å². The van der Waals surface area contributed by atoms with E-state index in [4.69, 9.17) is 4.42 Å². The smallest absolute Gasteiger partial charge is 0.260 e. The molecular formula is C8H4FNO2. The molecule has 0 aliphatic rings. The van der Waals surface area contributed by atoms with Gasteiger partial charge in [-0.3, -0.25) is 4.79 Å². The van der Waals surface area contributed by atoms with Crippen LogP contribution in [-0.4, -0.2) is 11.3 Å². The molecule has 0 radical (unpaired) electrons. The summed E-state index contributed by atoms with van der Waals surface area (Å²) in [5, 5.41) is 0. The number of aromatic nitrogens is 1. The van der Waals surface area contributed by atoms with Crippen molar-refractivity contribution in [2.45, 2.75) is 0 Å². The molecule has 0 saturated heterocycles. The lowest BCUT2D eigenvalue weighted by Crippen LogP contribution is -1.74. The first-order valence-electron chi connectivity index (χ1n) is 3.31. The maximum absolute atomic E-state index is 12.9. The zero-order valence-corrected chi connectivity index (χ0v) is 5.95. The second-order valence-corrected chi connectivity index (χ2v) is 2.26. The molecule has 2 rings (SSSR count). The van der Waals surface area contributed by atoms with Crippen LogP contribution in [0, 0.1) is 5.82 Å². The van der Waals surface area contributed by atoms with Crippen molar-refractivity contribution < 1.29 is 13.6 Å². The fourth-order valence-corrected chi connectivity index (χ4v) is 0.983. The van der Waals surface area contributed by atoms with Crippen molar-refractivity contribution in [2.24, 2.45) is 0 Å². The minimum absolute atomic E-state index is 0.0274. The van der Waals surface area contributed by atoms with Crippen molar-refractivity contribution in [1.29, 1.82) is 0 Å². The van der Waals surface area contributed by atoms with Gasteiger partial charge >= 0.3 is 0 Å². The predicted octanol–water partition coefficient (Wildman–Crippen LogP) is 1.78. The van der Waals surface area contributed by atoms with Crippen molar-refractivity contribution in [3.63, 3.8) is 0 Å². The first-order valence-corrected chi connectivity index (χ1v) is 3.31. The van der Waals surface area contributed by atoms with Crippen molar-refractivity contribution in [3.05, 3.63) is 29.9 Å². The maximum atomic E-state index is 12.9. The number of para-hydroxylation sites is 1. The number of aldehydes is 1. The molecule has 1 aromatic carbocycles. The summed E-state index contributed by atoms with van der Waals surface area (Å²) >= 11 is 0. The monoisotopic (exact) mass is 165 g/mol. The van der Waals surface area contributed by atoms with Crippen molar-refractivity contribution in [3.8, 4) is 0 Å². The van der Waals surface area contributed by atoms with E-state index < -0.39 is 5.82 Å². The molecule has 4 heteroatoms. The summed E-state index contributed by atoms with van der Waals surface area (Å²) in [6, 6.07) is 4.34. The zero-order valence-electron chi connectivity index (χ0n) is 5.95. The van der Waals surface area contributed by atoms with Gasteiger partial charge in [0.05, 0.1) is 0 Å². The molecular weight excluding hydrogens is 161 g/mol. The number of hydrogen-bond acceptors (Lipinski definition) is 3. The number of halogens is 1. The van der Waals surface area contributed by atoms with Gasteiger partial charge in [-0.1, -0.05) is 6.07 Å². The zero-order chi connectivity index (χ0) is 8.55. The normalized spacial score (nSPS) is 10.4. The average molecular weight is 165 g/mol. The number of hydrogen-bond donors (Lipinski definition) is 0. The highest BCUT2D eigenvalue weighted by Gasteiger charge is 2.07. The van der Waals surface area contributed by atoms with Crippen LogP contribution >= 0.6 is 0 Å². The van der Waals surface area contributed by atoms with E-state index in [1.807, 2.05) is 0 Å². The summed E-state index contributed by atoms with van der Waals surface area (Å²) in [6.07, 6.45) is 0.444.